The molecule has 0 saturated heterocycles. The van der Waals surface area contributed by atoms with E-state index in [2.05, 4.69) is 36.4 Å². The monoisotopic (exact) mass is 375 g/mol. The van der Waals surface area contributed by atoms with Crippen LogP contribution >= 0.6 is 15.9 Å². The number of rotatable bonds is 5. The second-order valence-electron chi connectivity index (χ2n) is 4.77. The molecule has 23 heavy (non-hydrogen) atoms. The average molecular weight is 376 g/mol. The summed E-state index contributed by atoms with van der Waals surface area (Å²) in [6, 6.07) is 5.54. The Kier molecular flexibility index (Phi) is 4.52. The molecule has 0 atom stereocenters. The van der Waals surface area contributed by atoms with Gasteiger partial charge in [0.15, 0.2) is 0 Å². The smallest absolute Gasteiger partial charge is 0.253 e. The molecule has 3 rings (SSSR count). The van der Waals surface area contributed by atoms with Gasteiger partial charge in [0.1, 0.15) is 0 Å². The molecule has 0 radical (unpaired) electrons. The van der Waals surface area contributed by atoms with Gasteiger partial charge in [0.2, 0.25) is 11.7 Å². The third kappa shape index (κ3) is 3.48. The lowest BCUT2D eigenvalue weighted by molar-refractivity contribution is 0.0946. The number of nitrogens with one attached hydrogen (secondary N) is 1. The SMILES string of the molecule is CCn1cccc1-c1noc(CNC(=O)c2cncc(Br)c2)n1. The molecule has 0 unspecified atom stereocenters. The van der Waals surface area contributed by atoms with Crippen LogP contribution in [-0.4, -0.2) is 25.6 Å². The Morgan fingerprint density at radius 1 is 1.43 bits per heavy atom. The Bertz CT molecular complexity index is 827. The van der Waals surface area contributed by atoms with Gasteiger partial charge in [0.25, 0.3) is 5.91 Å². The fourth-order valence-electron chi connectivity index (χ4n) is 2.12. The van der Waals surface area contributed by atoms with Gasteiger partial charge in [-0.05, 0) is 41.1 Å². The molecule has 0 saturated carbocycles. The molecule has 0 fully saturated rings. The molecule has 3 aromatic heterocycles. The third-order valence-corrected chi connectivity index (χ3v) is 3.67. The maximum absolute atomic E-state index is 12.0. The van der Waals surface area contributed by atoms with E-state index in [9.17, 15) is 4.79 Å². The van der Waals surface area contributed by atoms with E-state index in [0.717, 1.165) is 16.7 Å². The number of aryl methyl sites for hydroxylation is 1. The number of pyridine rings is 1. The van der Waals surface area contributed by atoms with Crippen molar-refractivity contribution in [3.05, 3.63) is 52.7 Å². The van der Waals surface area contributed by atoms with Crippen molar-refractivity contribution in [3.63, 3.8) is 0 Å². The lowest BCUT2D eigenvalue weighted by atomic mass is 10.3. The number of amides is 1. The average Bonchev–Trinajstić information content (AvgIpc) is 3.20. The number of aromatic nitrogens is 4. The zero-order chi connectivity index (χ0) is 16.2. The van der Waals surface area contributed by atoms with Crippen molar-refractivity contribution < 1.29 is 9.32 Å². The molecule has 1 amide bonds. The van der Waals surface area contributed by atoms with Gasteiger partial charge in [-0.1, -0.05) is 5.16 Å². The van der Waals surface area contributed by atoms with Crippen molar-refractivity contribution in [2.24, 2.45) is 0 Å². The summed E-state index contributed by atoms with van der Waals surface area (Å²) in [5.41, 5.74) is 1.34. The van der Waals surface area contributed by atoms with E-state index in [1.807, 2.05) is 29.8 Å². The molecule has 0 bridgehead atoms. The Labute approximate surface area is 140 Å². The van der Waals surface area contributed by atoms with Crippen LogP contribution in [0.2, 0.25) is 0 Å². The van der Waals surface area contributed by atoms with Crippen LogP contribution in [0.3, 0.4) is 0 Å². The van der Waals surface area contributed by atoms with E-state index >= 15 is 0 Å². The zero-order valence-corrected chi connectivity index (χ0v) is 13.9. The molecule has 0 aliphatic heterocycles. The van der Waals surface area contributed by atoms with E-state index in [-0.39, 0.29) is 12.5 Å². The number of halogens is 1. The molecule has 0 spiro atoms. The molecular formula is C15H14BrN5O2. The van der Waals surface area contributed by atoms with Crippen LogP contribution in [-0.2, 0) is 13.1 Å². The van der Waals surface area contributed by atoms with Gasteiger partial charge < -0.3 is 14.4 Å². The number of hydrogen-bond donors (Lipinski definition) is 1. The summed E-state index contributed by atoms with van der Waals surface area (Å²) < 4.78 is 7.94. The number of hydrogen-bond acceptors (Lipinski definition) is 5. The van der Waals surface area contributed by atoms with Crippen LogP contribution in [0.4, 0.5) is 0 Å². The van der Waals surface area contributed by atoms with Gasteiger partial charge in [0, 0.05) is 29.6 Å². The number of carbonyl (C=O) groups is 1. The van der Waals surface area contributed by atoms with Crippen LogP contribution in [0, 0.1) is 0 Å². The summed E-state index contributed by atoms with van der Waals surface area (Å²) in [6.45, 7) is 3.01. The van der Waals surface area contributed by atoms with Gasteiger partial charge in [-0.3, -0.25) is 9.78 Å². The van der Waals surface area contributed by atoms with E-state index in [0.29, 0.717) is 17.3 Å². The lowest BCUT2D eigenvalue weighted by Crippen LogP contribution is -2.23. The Morgan fingerprint density at radius 2 is 2.30 bits per heavy atom. The quantitative estimate of drug-likeness (QED) is 0.740. The van der Waals surface area contributed by atoms with E-state index < -0.39 is 0 Å². The standard InChI is InChI=1S/C15H14BrN5O2/c1-2-21-5-3-4-12(21)14-19-13(23-20-14)9-18-15(22)10-6-11(16)8-17-7-10/h3-8H,2,9H2,1H3,(H,18,22). The van der Waals surface area contributed by atoms with Crippen LogP contribution in [0.1, 0.15) is 23.2 Å². The minimum Gasteiger partial charge on any atom is -0.345 e. The summed E-state index contributed by atoms with van der Waals surface area (Å²) in [5.74, 6) is 0.598. The fraction of sp³-hybridized carbons (Fsp3) is 0.200. The second kappa shape index (κ2) is 6.74. The van der Waals surface area contributed by atoms with Crippen molar-refractivity contribution in [1.29, 1.82) is 0 Å². The highest BCUT2D eigenvalue weighted by Crippen LogP contribution is 2.16. The van der Waals surface area contributed by atoms with Gasteiger partial charge in [-0.25, -0.2) is 0 Å². The molecule has 0 aromatic carbocycles. The predicted molar refractivity (Wildman–Crippen MR) is 86.5 cm³/mol. The third-order valence-electron chi connectivity index (χ3n) is 3.23. The largest absolute Gasteiger partial charge is 0.345 e. The van der Waals surface area contributed by atoms with Crippen molar-refractivity contribution in [3.8, 4) is 11.5 Å². The molecule has 0 aliphatic rings. The Hall–Kier alpha value is -2.48. The highest BCUT2D eigenvalue weighted by Gasteiger charge is 2.13. The molecule has 7 nitrogen and oxygen atoms in total. The number of carbonyl (C=O) groups excluding carboxylic acids is 1. The molecule has 8 heteroatoms. The van der Waals surface area contributed by atoms with Crippen LogP contribution in [0.25, 0.3) is 11.5 Å². The van der Waals surface area contributed by atoms with Crippen LogP contribution < -0.4 is 5.32 Å². The van der Waals surface area contributed by atoms with E-state index in [4.69, 9.17) is 4.52 Å². The first-order chi connectivity index (χ1) is 11.2. The number of nitrogens with zero attached hydrogens (tertiary/aromatic N) is 4. The van der Waals surface area contributed by atoms with Gasteiger partial charge >= 0.3 is 0 Å². The van der Waals surface area contributed by atoms with Gasteiger partial charge in [-0.2, -0.15) is 4.98 Å². The highest BCUT2D eigenvalue weighted by molar-refractivity contribution is 9.10. The van der Waals surface area contributed by atoms with E-state index in [1.54, 1.807) is 12.3 Å². The lowest BCUT2D eigenvalue weighted by Gasteiger charge is -2.02. The molecule has 3 heterocycles. The minimum atomic E-state index is -0.254. The van der Waals surface area contributed by atoms with Crippen molar-refractivity contribution >= 4 is 21.8 Å². The summed E-state index contributed by atoms with van der Waals surface area (Å²) in [4.78, 5) is 20.3. The molecule has 1 N–H and O–H groups in total. The topological polar surface area (TPSA) is 85.8 Å². The highest BCUT2D eigenvalue weighted by atomic mass is 79.9. The van der Waals surface area contributed by atoms with Crippen molar-refractivity contribution in [2.45, 2.75) is 20.0 Å². The van der Waals surface area contributed by atoms with Crippen molar-refractivity contribution in [1.82, 2.24) is 25.0 Å². The van der Waals surface area contributed by atoms with E-state index in [1.165, 1.54) is 6.20 Å². The summed E-state index contributed by atoms with van der Waals surface area (Å²) in [7, 11) is 0. The summed E-state index contributed by atoms with van der Waals surface area (Å²) in [5, 5.41) is 6.68. The first kappa shape index (κ1) is 15.4. The first-order valence-electron chi connectivity index (χ1n) is 7.04. The maximum Gasteiger partial charge on any atom is 0.253 e. The molecular weight excluding hydrogens is 362 g/mol. The maximum atomic E-state index is 12.0. The fourth-order valence-corrected chi connectivity index (χ4v) is 2.48. The Balaban J connectivity index is 1.67. The molecule has 118 valence electrons. The zero-order valence-electron chi connectivity index (χ0n) is 12.4. The normalized spacial score (nSPS) is 10.7. The Morgan fingerprint density at radius 3 is 3.09 bits per heavy atom. The second-order valence-corrected chi connectivity index (χ2v) is 5.68. The molecule has 3 aromatic rings. The van der Waals surface area contributed by atoms with Crippen LogP contribution in [0.15, 0.2) is 45.8 Å². The first-order valence-corrected chi connectivity index (χ1v) is 7.83. The molecule has 0 aliphatic carbocycles. The van der Waals surface area contributed by atoms with Crippen LogP contribution in [0.5, 0.6) is 0 Å². The summed E-state index contributed by atoms with van der Waals surface area (Å²) in [6.07, 6.45) is 5.06. The van der Waals surface area contributed by atoms with Gasteiger partial charge in [0.05, 0.1) is 17.8 Å². The van der Waals surface area contributed by atoms with Crippen molar-refractivity contribution in [2.75, 3.05) is 0 Å². The minimum absolute atomic E-state index is 0.158. The predicted octanol–water partition coefficient (Wildman–Crippen LogP) is 2.65. The van der Waals surface area contributed by atoms with Gasteiger partial charge in [-0.15, -0.1) is 0 Å². The summed E-state index contributed by atoms with van der Waals surface area (Å²) >= 11 is 3.28.